The number of para-hydroxylation sites is 1. The van der Waals surface area contributed by atoms with Crippen molar-refractivity contribution < 1.29 is 22.5 Å². The van der Waals surface area contributed by atoms with Gasteiger partial charge in [0.25, 0.3) is 0 Å². The summed E-state index contributed by atoms with van der Waals surface area (Å²) in [5, 5.41) is 23.2. The summed E-state index contributed by atoms with van der Waals surface area (Å²) in [6.07, 6.45) is 1.66. The van der Waals surface area contributed by atoms with Gasteiger partial charge in [-0.15, -0.1) is 0 Å². The minimum Gasteiger partial charge on any atom is -0.507 e. The van der Waals surface area contributed by atoms with Crippen molar-refractivity contribution >= 4 is 11.0 Å². The molecule has 0 unspecified atom stereocenters. The van der Waals surface area contributed by atoms with E-state index in [1.807, 2.05) is 92.7 Å². The molecule has 0 amide bonds. The molecule has 0 fully saturated rings. The quantitative estimate of drug-likeness (QED) is 0.168. The van der Waals surface area contributed by atoms with Crippen molar-refractivity contribution in [1.29, 1.82) is 0 Å². The lowest BCUT2D eigenvalue weighted by Gasteiger charge is -2.22. The highest BCUT2D eigenvalue weighted by atomic mass is 16.3. The zero-order chi connectivity index (χ0) is 50.2. The van der Waals surface area contributed by atoms with E-state index in [0.717, 1.165) is 50.1 Å². The maximum absolute atomic E-state index is 11.7. The molecule has 5 nitrogen and oxygen atoms in total. The fraction of sp³-hybridized carbons (Fsp3) is 0.236. The molecular formula is C55H55N3O2. The van der Waals surface area contributed by atoms with Gasteiger partial charge in [0.1, 0.15) is 11.6 Å². The second-order valence-electron chi connectivity index (χ2n) is 17.4. The molecule has 2 aromatic heterocycles. The molecule has 0 spiro atoms. The first-order chi connectivity index (χ1) is 32.1. The van der Waals surface area contributed by atoms with E-state index >= 15 is 0 Å². The molecule has 302 valence electrons. The number of benzene rings is 6. The maximum Gasteiger partial charge on any atom is 0.149 e. The van der Waals surface area contributed by atoms with Crippen molar-refractivity contribution in [3.63, 3.8) is 0 Å². The van der Waals surface area contributed by atoms with Crippen LogP contribution in [0.5, 0.6) is 5.75 Å². The lowest BCUT2D eigenvalue weighted by molar-refractivity contribution is 0.0786. The summed E-state index contributed by atoms with van der Waals surface area (Å²) in [5.41, 5.74) is 7.54. The number of rotatable bonds is 7. The Morgan fingerprint density at radius 2 is 1.27 bits per heavy atom. The molecule has 0 aliphatic heterocycles. The first-order valence-corrected chi connectivity index (χ1v) is 20.1. The lowest BCUT2D eigenvalue weighted by atomic mass is 9.83. The van der Waals surface area contributed by atoms with E-state index < -0.39 is 31.6 Å². The van der Waals surface area contributed by atoms with Crippen molar-refractivity contribution in [3.8, 4) is 67.5 Å². The summed E-state index contributed by atoms with van der Waals surface area (Å²) in [6.45, 7) is 3.67. The van der Waals surface area contributed by atoms with Gasteiger partial charge >= 0.3 is 0 Å². The van der Waals surface area contributed by atoms with E-state index in [4.69, 9.17) is 22.3 Å². The maximum atomic E-state index is 11.7. The summed E-state index contributed by atoms with van der Waals surface area (Å²) in [7, 11) is 0. The third-order valence-corrected chi connectivity index (χ3v) is 11.2. The molecule has 0 saturated carbocycles. The summed E-state index contributed by atoms with van der Waals surface area (Å²) in [5.74, 6) is 0.638. The highest BCUT2D eigenvalue weighted by Crippen LogP contribution is 2.42. The van der Waals surface area contributed by atoms with E-state index in [-0.39, 0.29) is 16.7 Å². The van der Waals surface area contributed by atoms with Crippen molar-refractivity contribution in [3.05, 3.63) is 167 Å². The topological polar surface area (TPSA) is 71.2 Å². The molecule has 60 heavy (non-hydrogen) atoms. The number of imidazole rings is 1. The van der Waals surface area contributed by atoms with Crippen molar-refractivity contribution in [2.24, 2.45) is 0 Å². The Morgan fingerprint density at radius 1 is 0.567 bits per heavy atom. The zero-order valence-electron chi connectivity index (χ0n) is 44.0. The molecule has 6 aromatic carbocycles. The standard InChI is InChI=1S/C55H55N3O2/c1-34-25-35(2)51(59)47(26-34)52-57-50-46(17-14-18-49(50)58(52)45-31-39(36-15-12-11-13-16-36)28-44(33-45)55(9,10)60)40-27-41(30-43(29-40)54(6,7)8)48-32-38(23-24-56-48)37-19-21-42(22-20-37)53(3,4)5/h11-33,59-60H,1-10H3/i3D3,4D3,5D3. The largest absolute Gasteiger partial charge is 0.507 e. The molecule has 8 aromatic rings. The fourth-order valence-corrected chi connectivity index (χ4v) is 7.84. The summed E-state index contributed by atoms with van der Waals surface area (Å²) in [6, 6.07) is 41.6. The zero-order valence-corrected chi connectivity index (χ0v) is 35.0. The van der Waals surface area contributed by atoms with E-state index in [1.165, 1.54) is 12.1 Å². The number of pyridine rings is 1. The second-order valence-corrected chi connectivity index (χ2v) is 17.4. The predicted molar refractivity (Wildman–Crippen MR) is 250 cm³/mol. The van der Waals surface area contributed by atoms with Crippen LogP contribution in [0, 0.1) is 13.8 Å². The van der Waals surface area contributed by atoms with Gasteiger partial charge in [-0.2, -0.15) is 0 Å². The van der Waals surface area contributed by atoms with Crippen LogP contribution in [0.2, 0.25) is 0 Å². The minimum atomic E-state index is -3.37. The van der Waals surface area contributed by atoms with Gasteiger partial charge in [0.2, 0.25) is 0 Å². The van der Waals surface area contributed by atoms with Gasteiger partial charge in [-0.3, -0.25) is 9.55 Å². The van der Waals surface area contributed by atoms with E-state index in [2.05, 4.69) is 49.6 Å². The van der Waals surface area contributed by atoms with E-state index in [9.17, 15) is 10.2 Å². The molecule has 5 heteroatoms. The number of aryl methyl sites for hydroxylation is 2. The van der Waals surface area contributed by atoms with Crippen molar-refractivity contribution in [1.82, 2.24) is 14.5 Å². The first kappa shape index (κ1) is 30.7. The summed E-state index contributed by atoms with van der Waals surface area (Å²) in [4.78, 5) is 10.2. The van der Waals surface area contributed by atoms with E-state index in [1.54, 1.807) is 38.2 Å². The number of hydrogen-bond acceptors (Lipinski definition) is 4. The Balaban J connectivity index is 1.32. The monoisotopic (exact) mass is 798 g/mol. The summed E-state index contributed by atoms with van der Waals surface area (Å²) < 4.78 is 75.6. The van der Waals surface area contributed by atoms with Crippen molar-refractivity contribution in [2.45, 2.75) is 85.5 Å². The number of aromatic nitrogens is 3. The van der Waals surface area contributed by atoms with Gasteiger partial charge in [0.05, 0.1) is 27.9 Å². The van der Waals surface area contributed by atoms with E-state index in [0.29, 0.717) is 44.9 Å². The third-order valence-electron chi connectivity index (χ3n) is 11.2. The first-order valence-electron chi connectivity index (χ1n) is 24.6. The predicted octanol–water partition coefficient (Wildman–Crippen LogP) is 13.9. The molecule has 0 saturated heterocycles. The Labute approximate surface area is 367 Å². The highest BCUT2D eigenvalue weighted by molar-refractivity contribution is 5.97. The number of fused-ring (bicyclic) bond motifs is 1. The smallest absolute Gasteiger partial charge is 0.149 e. The molecule has 2 heterocycles. The number of aromatic hydroxyl groups is 1. The fourth-order valence-electron chi connectivity index (χ4n) is 7.84. The minimum absolute atomic E-state index is 0.115. The number of phenols is 1. The van der Waals surface area contributed by atoms with Crippen LogP contribution in [0.1, 0.15) is 95.3 Å². The Morgan fingerprint density at radius 3 is 1.97 bits per heavy atom. The molecule has 2 N–H and O–H groups in total. The molecule has 0 aliphatic rings. The number of hydrogen-bond donors (Lipinski definition) is 2. The molecule has 0 atom stereocenters. The molecular weight excluding hydrogens is 735 g/mol. The number of phenolic OH excluding ortho intramolecular Hbond substituents is 1. The average Bonchev–Trinajstić information content (AvgIpc) is 3.66. The third kappa shape index (κ3) is 7.90. The molecule has 0 aliphatic carbocycles. The Kier molecular flexibility index (Phi) is 7.71. The van der Waals surface area contributed by atoms with Crippen LogP contribution in [0.4, 0.5) is 0 Å². The average molecular weight is 799 g/mol. The van der Waals surface area contributed by atoms with Crippen LogP contribution in [0.15, 0.2) is 140 Å². The van der Waals surface area contributed by atoms with Gasteiger partial charge in [-0.25, -0.2) is 4.98 Å². The Bertz CT molecular complexity index is 3190. The Hall–Kier alpha value is -6.30. The van der Waals surface area contributed by atoms with Gasteiger partial charge in [0, 0.05) is 35.3 Å². The van der Waals surface area contributed by atoms with Gasteiger partial charge in [-0.1, -0.05) is 120 Å². The van der Waals surface area contributed by atoms with Gasteiger partial charge < -0.3 is 10.2 Å². The molecule has 8 rings (SSSR count). The van der Waals surface area contributed by atoms with Crippen LogP contribution in [-0.4, -0.2) is 24.7 Å². The number of nitrogens with zero attached hydrogens (tertiary/aromatic N) is 3. The SMILES string of the molecule is [2H]C([2H])([2H])C(c1ccc(-c2ccnc(-c3cc(-c4cccc5c4nc(-c4cc(C)cc(C)c4O)n5-c4cc(-c5ccccc5)cc(C(C)(C)O)c4)cc(C(C)(C)C)c3)c2)cc1)(C([2H])([2H])[2H])C([2H])([2H])[2H]. The summed E-state index contributed by atoms with van der Waals surface area (Å²) >= 11 is 0. The van der Waals surface area contributed by atoms with Gasteiger partial charge in [0.15, 0.2) is 0 Å². The van der Waals surface area contributed by atoms with Crippen LogP contribution in [0.25, 0.3) is 72.7 Å². The lowest BCUT2D eigenvalue weighted by Crippen LogP contribution is -2.16. The van der Waals surface area contributed by atoms with Crippen LogP contribution < -0.4 is 0 Å². The highest BCUT2D eigenvalue weighted by Gasteiger charge is 2.25. The normalized spacial score (nSPS) is 15.2. The number of aliphatic hydroxyl groups is 1. The van der Waals surface area contributed by atoms with Crippen molar-refractivity contribution in [2.75, 3.05) is 0 Å². The van der Waals surface area contributed by atoms with Crippen LogP contribution in [-0.2, 0) is 16.4 Å². The second kappa shape index (κ2) is 15.1. The molecule has 0 radical (unpaired) electrons. The van der Waals surface area contributed by atoms with Gasteiger partial charge in [-0.05, 0) is 149 Å². The van der Waals surface area contributed by atoms with Crippen LogP contribution >= 0.6 is 0 Å². The molecule has 0 bridgehead atoms. The van der Waals surface area contributed by atoms with Crippen LogP contribution in [0.3, 0.4) is 0 Å².